The Balaban J connectivity index is 2.63. The van der Waals surface area contributed by atoms with Gasteiger partial charge in [0.25, 0.3) is 0 Å². The molecule has 1 atom stereocenters. The molecule has 1 saturated carbocycles. The highest BCUT2D eigenvalue weighted by atomic mass is 16.3. The molecule has 0 aromatic carbocycles. The van der Waals surface area contributed by atoms with Crippen molar-refractivity contribution >= 4 is 5.91 Å². The quantitative estimate of drug-likeness (QED) is 0.794. The molecule has 0 aromatic heterocycles. The van der Waals surface area contributed by atoms with Crippen molar-refractivity contribution in [2.45, 2.75) is 65.3 Å². The minimum Gasteiger partial charge on any atom is -0.396 e. The maximum atomic E-state index is 12.3. The van der Waals surface area contributed by atoms with Gasteiger partial charge in [-0.15, -0.1) is 0 Å². The molecule has 1 aliphatic carbocycles. The number of aliphatic hydroxyl groups excluding tert-OH is 1. The lowest BCUT2D eigenvalue weighted by Gasteiger charge is -2.39. The highest BCUT2D eigenvalue weighted by Gasteiger charge is 2.38. The average molecular weight is 241 g/mol. The number of hydrogen-bond donors (Lipinski definition) is 2. The number of rotatable bonds is 4. The van der Waals surface area contributed by atoms with E-state index in [2.05, 4.69) is 19.2 Å². The standard InChI is InChI=1S/C14H27NO2/c1-13(2)8-6-5-7-11(13)12(17)15-14(3,4)9-10-16/h11,16H,5-10H2,1-4H3,(H,15,17). The Morgan fingerprint density at radius 1 is 1.41 bits per heavy atom. The van der Waals surface area contributed by atoms with Crippen molar-refractivity contribution in [3.8, 4) is 0 Å². The van der Waals surface area contributed by atoms with Crippen molar-refractivity contribution in [1.29, 1.82) is 0 Å². The molecule has 1 rings (SSSR count). The third-order valence-electron chi connectivity index (χ3n) is 4.02. The largest absolute Gasteiger partial charge is 0.396 e. The zero-order valence-electron chi connectivity index (χ0n) is 11.7. The third-order valence-corrected chi connectivity index (χ3v) is 4.02. The van der Waals surface area contributed by atoms with Gasteiger partial charge >= 0.3 is 0 Å². The van der Waals surface area contributed by atoms with E-state index < -0.39 is 0 Å². The first-order valence-corrected chi connectivity index (χ1v) is 6.71. The van der Waals surface area contributed by atoms with E-state index in [0.717, 1.165) is 19.3 Å². The van der Waals surface area contributed by atoms with Gasteiger partial charge in [0, 0.05) is 18.1 Å². The van der Waals surface area contributed by atoms with Gasteiger partial charge in [0.1, 0.15) is 0 Å². The molecule has 0 heterocycles. The zero-order valence-corrected chi connectivity index (χ0v) is 11.7. The Labute approximate surface area is 105 Å². The number of amides is 1. The minimum absolute atomic E-state index is 0.109. The fourth-order valence-corrected chi connectivity index (χ4v) is 2.74. The SMILES string of the molecule is CC(C)(CCO)NC(=O)C1CCCCC1(C)C. The van der Waals surface area contributed by atoms with Gasteiger partial charge in [-0.05, 0) is 38.5 Å². The molecule has 100 valence electrons. The maximum absolute atomic E-state index is 12.3. The lowest BCUT2D eigenvalue weighted by Crippen LogP contribution is -2.50. The van der Waals surface area contributed by atoms with Crippen LogP contribution in [0, 0.1) is 11.3 Å². The maximum Gasteiger partial charge on any atom is 0.224 e. The summed E-state index contributed by atoms with van der Waals surface area (Å²) in [5.41, 5.74) is -0.197. The van der Waals surface area contributed by atoms with E-state index >= 15 is 0 Å². The molecule has 1 aliphatic rings. The molecular formula is C14H27NO2. The molecule has 0 spiro atoms. The van der Waals surface area contributed by atoms with E-state index in [-0.39, 0.29) is 29.4 Å². The molecule has 0 radical (unpaired) electrons. The van der Waals surface area contributed by atoms with Gasteiger partial charge in [0.15, 0.2) is 0 Å². The first-order chi connectivity index (χ1) is 7.78. The van der Waals surface area contributed by atoms with Crippen LogP contribution in [0.4, 0.5) is 0 Å². The molecule has 1 amide bonds. The monoisotopic (exact) mass is 241 g/mol. The van der Waals surface area contributed by atoms with Crippen LogP contribution in [0.1, 0.15) is 59.8 Å². The topological polar surface area (TPSA) is 49.3 Å². The molecule has 1 unspecified atom stereocenters. The summed E-state index contributed by atoms with van der Waals surface area (Å²) in [6, 6.07) is 0. The Morgan fingerprint density at radius 2 is 2.06 bits per heavy atom. The van der Waals surface area contributed by atoms with Crippen LogP contribution in [0.2, 0.25) is 0 Å². The highest BCUT2D eigenvalue weighted by Crippen LogP contribution is 2.40. The summed E-state index contributed by atoms with van der Waals surface area (Å²) in [7, 11) is 0. The van der Waals surface area contributed by atoms with Gasteiger partial charge in [0.2, 0.25) is 5.91 Å². The molecule has 3 heteroatoms. The van der Waals surface area contributed by atoms with Crippen LogP contribution in [0.15, 0.2) is 0 Å². The van der Waals surface area contributed by atoms with E-state index in [0.29, 0.717) is 6.42 Å². The van der Waals surface area contributed by atoms with E-state index in [1.807, 2.05) is 13.8 Å². The lowest BCUT2D eigenvalue weighted by atomic mass is 9.68. The van der Waals surface area contributed by atoms with Crippen LogP contribution < -0.4 is 5.32 Å². The van der Waals surface area contributed by atoms with E-state index in [1.165, 1.54) is 6.42 Å². The highest BCUT2D eigenvalue weighted by molar-refractivity contribution is 5.80. The van der Waals surface area contributed by atoms with Crippen LogP contribution in [-0.4, -0.2) is 23.2 Å². The minimum atomic E-state index is -0.306. The predicted octanol–water partition coefficient (Wildman–Crippen LogP) is 2.48. The second-order valence-electron chi connectivity index (χ2n) is 6.63. The van der Waals surface area contributed by atoms with Crippen molar-refractivity contribution in [2.75, 3.05) is 6.61 Å². The molecule has 1 fully saturated rings. The van der Waals surface area contributed by atoms with Crippen molar-refractivity contribution in [1.82, 2.24) is 5.32 Å². The first kappa shape index (κ1) is 14.5. The fourth-order valence-electron chi connectivity index (χ4n) is 2.74. The van der Waals surface area contributed by atoms with Crippen LogP contribution >= 0.6 is 0 Å². The number of nitrogens with one attached hydrogen (secondary N) is 1. The first-order valence-electron chi connectivity index (χ1n) is 6.71. The lowest BCUT2D eigenvalue weighted by molar-refractivity contribution is -0.132. The van der Waals surface area contributed by atoms with E-state index in [9.17, 15) is 4.79 Å². The van der Waals surface area contributed by atoms with Gasteiger partial charge in [-0.1, -0.05) is 26.7 Å². The van der Waals surface area contributed by atoms with Crippen LogP contribution in [0.5, 0.6) is 0 Å². The summed E-state index contributed by atoms with van der Waals surface area (Å²) in [5.74, 6) is 0.280. The third kappa shape index (κ3) is 3.98. The van der Waals surface area contributed by atoms with Gasteiger partial charge < -0.3 is 10.4 Å². The molecular weight excluding hydrogens is 214 g/mol. The Hall–Kier alpha value is -0.570. The van der Waals surface area contributed by atoms with E-state index in [4.69, 9.17) is 5.11 Å². The molecule has 3 nitrogen and oxygen atoms in total. The van der Waals surface area contributed by atoms with Crippen molar-refractivity contribution in [2.24, 2.45) is 11.3 Å². The summed E-state index contributed by atoms with van der Waals surface area (Å²) in [4.78, 5) is 12.3. The van der Waals surface area contributed by atoms with Crippen LogP contribution in [0.3, 0.4) is 0 Å². The molecule has 17 heavy (non-hydrogen) atoms. The Kier molecular flexibility index (Phi) is 4.59. The van der Waals surface area contributed by atoms with Crippen LogP contribution in [0.25, 0.3) is 0 Å². The molecule has 0 saturated heterocycles. The number of aliphatic hydroxyl groups is 1. The summed E-state index contributed by atoms with van der Waals surface area (Å²) >= 11 is 0. The molecule has 0 aliphatic heterocycles. The zero-order chi connectivity index (χ0) is 13.1. The van der Waals surface area contributed by atoms with Gasteiger partial charge in [-0.3, -0.25) is 4.79 Å². The predicted molar refractivity (Wildman–Crippen MR) is 69.7 cm³/mol. The number of carbonyl (C=O) groups is 1. The Bertz CT molecular complexity index is 271. The van der Waals surface area contributed by atoms with Gasteiger partial charge in [-0.2, -0.15) is 0 Å². The number of carbonyl (C=O) groups excluding carboxylic acids is 1. The van der Waals surface area contributed by atoms with Crippen molar-refractivity contribution < 1.29 is 9.90 Å². The Morgan fingerprint density at radius 3 is 2.59 bits per heavy atom. The fraction of sp³-hybridized carbons (Fsp3) is 0.929. The van der Waals surface area contributed by atoms with E-state index in [1.54, 1.807) is 0 Å². The second-order valence-corrected chi connectivity index (χ2v) is 6.63. The van der Waals surface area contributed by atoms with Crippen molar-refractivity contribution in [3.05, 3.63) is 0 Å². The normalized spacial score (nSPS) is 24.4. The van der Waals surface area contributed by atoms with Crippen molar-refractivity contribution in [3.63, 3.8) is 0 Å². The summed E-state index contributed by atoms with van der Waals surface area (Å²) in [5, 5.41) is 12.1. The number of hydrogen-bond acceptors (Lipinski definition) is 2. The summed E-state index contributed by atoms with van der Waals surface area (Å²) < 4.78 is 0. The average Bonchev–Trinajstić information content (AvgIpc) is 2.15. The molecule has 2 N–H and O–H groups in total. The molecule has 0 bridgehead atoms. The van der Waals surface area contributed by atoms with Gasteiger partial charge in [-0.25, -0.2) is 0 Å². The summed E-state index contributed by atoms with van der Waals surface area (Å²) in [6.45, 7) is 8.43. The smallest absolute Gasteiger partial charge is 0.224 e. The van der Waals surface area contributed by atoms with Crippen LogP contribution in [-0.2, 0) is 4.79 Å². The van der Waals surface area contributed by atoms with Gasteiger partial charge in [0.05, 0.1) is 0 Å². The summed E-state index contributed by atoms with van der Waals surface area (Å²) in [6.07, 6.45) is 5.12. The molecule has 0 aromatic rings. The second kappa shape index (κ2) is 5.38.